The summed E-state index contributed by atoms with van der Waals surface area (Å²) in [6.45, 7) is 4.53. The molecule has 1 rings (SSSR count). The molecule has 1 heteroatoms. The van der Waals surface area contributed by atoms with E-state index in [1.54, 1.807) is 0 Å². The number of allylic oxidation sites excluding steroid dienone is 1. The zero-order valence-corrected chi connectivity index (χ0v) is 8.16. The van der Waals surface area contributed by atoms with Crippen LogP contribution in [0.3, 0.4) is 0 Å². The van der Waals surface area contributed by atoms with E-state index in [1.165, 1.54) is 19.3 Å². The number of aliphatic hydroxyl groups is 1. The van der Waals surface area contributed by atoms with E-state index in [0.29, 0.717) is 0 Å². The molecular weight excluding hydrogens is 148 g/mol. The quantitative estimate of drug-likeness (QED) is 0.642. The van der Waals surface area contributed by atoms with Crippen molar-refractivity contribution in [3.63, 3.8) is 0 Å². The van der Waals surface area contributed by atoms with Gasteiger partial charge < -0.3 is 5.11 Å². The van der Waals surface area contributed by atoms with Gasteiger partial charge in [-0.2, -0.15) is 0 Å². The monoisotopic (exact) mass is 168 g/mol. The summed E-state index contributed by atoms with van der Waals surface area (Å²) < 4.78 is 0. The highest BCUT2D eigenvalue weighted by Crippen LogP contribution is 2.23. The van der Waals surface area contributed by atoms with E-state index < -0.39 is 0 Å². The Bertz CT molecular complexity index is 149. The van der Waals surface area contributed by atoms with Crippen LogP contribution in [0.25, 0.3) is 0 Å². The average molecular weight is 168 g/mol. The number of rotatable bonds is 3. The summed E-state index contributed by atoms with van der Waals surface area (Å²) in [6, 6.07) is 0. The first-order valence-electron chi connectivity index (χ1n) is 5.05. The second-order valence-electron chi connectivity index (χ2n) is 4.26. The molecule has 0 spiro atoms. The lowest BCUT2D eigenvalue weighted by molar-refractivity contribution is 0.192. The molecule has 12 heavy (non-hydrogen) atoms. The summed E-state index contributed by atoms with van der Waals surface area (Å²) in [7, 11) is 0. The minimum Gasteiger partial charge on any atom is -0.389 e. The van der Waals surface area contributed by atoms with E-state index in [2.05, 4.69) is 19.9 Å². The molecule has 0 amide bonds. The lowest BCUT2D eigenvalue weighted by Gasteiger charge is -2.20. The summed E-state index contributed by atoms with van der Waals surface area (Å²) in [4.78, 5) is 0. The molecular formula is C11H20O. The first-order valence-corrected chi connectivity index (χ1v) is 5.05. The molecule has 0 heterocycles. The second-order valence-corrected chi connectivity index (χ2v) is 4.26. The van der Waals surface area contributed by atoms with Crippen LogP contribution in [0.2, 0.25) is 0 Å². The Kier molecular flexibility index (Phi) is 3.80. The van der Waals surface area contributed by atoms with Gasteiger partial charge in [-0.3, -0.25) is 0 Å². The molecule has 0 aromatic heterocycles. The van der Waals surface area contributed by atoms with Crippen LogP contribution in [-0.4, -0.2) is 11.2 Å². The predicted octanol–water partition coefficient (Wildman–Crippen LogP) is 2.75. The second kappa shape index (κ2) is 4.66. The van der Waals surface area contributed by atoms with E-state index in [0.717, 1.165) is 18.3 Å². The predicted molar refractivity (Wildman–Crippen MR) is 51.9 cm³/mol. The van der Waals surface area contributed by atoms with Crippen LogP contribution in [0.5, 0.6) is 0 Å². The molecule has 0 radical (unpaired) electrons. The van der Waals surface area contributed by atoms with Crippen molar-refractivity contribution in [1.82, 2.24) is 0 Å². The Morgan fingerprint density at radius 1 is 1.33 bits per heavy atom. The first-order chi connectivity index (χ1) is 5.68. The van der Waals surface area contributed by atoms with Crippen molar-refractivity contribution in [1.29, 1.82) is 0 Å². The zero-order chi connectivity index (χ0) is 8.97. The Hall–Kier alpha value is -0.300. The highest BCUT2D eigenvalue weighted by atomic mass is 16.3. The Morgan fingerprint density at radius 2 is 2.08 bits per heavy atom. The highest BCUT2D eigenvalue weighted by Gasteiger charge is 2.13. The third kappa shape index (κ3) is 3.40. The van der Waals surface area contributed by atoms with E-state index in [1.807, 2.05) is 6.08 Å². The number of hydrogen-bond donors (Lipinski definition) is 1. The average Bonchev–Trinajstić information content (AvgIpc) is 2.03. The fraction of sp³-hybridized carbons (Fsp3) is 0.818. The van der Waals surface area contributed by atoms with Crippen molar-refractivity contribution in [3.05, 3.63) is 12.2 Å². The molecule has 1 nitrogen and oxygen atoms in total. The maximum Gasteiger partial charge on any atom is 0.0721 e. The lowest BCUT2D eigenvalue weighted by Crippen LogP contribution is -2.12. The van der Waals surface area contributed by atoms with Crippen LogP contribution in [0, 0.1) is 11.8 Å². The van der Waals surface area contributed by atoms with Gasteiger partial charge in [0.2, 0.25) is 0 Å². The van der Waals surface area contributed by atoms with Gasteiger partial charge in [-0.05, 0) is 31.1 Å². The van der Waals surface area contributed by atoms with Crippen LogP contribution < -0.4 is 0 Å². The molecule has 2 unspecified atom stereocenters. The van der Waals surface area contributed by atoms with Gasteiger partial charge in [0.05, 0.1) is 6.10 Å². The molecule has 1 aliphatic rings. The van der Waals surface area contributed by atoms with E-state index in [9.17, 15) is 5.11 Å². The van der Waals surface area contributed by atoms with Gasteiger partial charge in [-0.15, -0.1) is 0 Å². The molecule has 0 saturated heterocycles. The van der Waals surface area contributed by atoms with Gasteiger partial charge >= 0.3 is 0 Å². The summed E-state index contributed by atoms with van der Waals surface area (Å²) in [5.74, 6) is 1.54. The van der Waals surface area contributed by atoms with Gasteiger partial charge in [0.25, 0.3) is 0 Å². The molecule has 1 N–H and O–H groups in total. The fourth-order valence-corrected chi connectivity index (χ4v) is 1.65. The molecule has 1 aliphatic carbocycles. The lowest BCUT2D eigenvalue weighted by atomic mass is 9.89. The van der Waals surface area contributed by atoms with Crippen molar-refractivity contribution in [3.8, 4) is 0 Å². The topological polar surface area (TPSA) is 20.2 Å². The minimum absolute atomic E-state index is 0.166. The summed E-state index contributed by atoms with van der Waals surface area (Å²) in [5.41, 5.74) is 0. The normalized spacial score (nSPS) is 29.7. The van der Waals surface area contributed by atoms with Crippen molar-refractivity contribution >= 4 is 0 Å². The SMILES string of the molecule is CC(C)CCC1C=CC(O)CC1. The highest BCUT2D eigenvalue weighted by molar-refractivity contribution is 4.98. The van der Waals surface area contributed by atoms with Gasteiger partial charge in [0.1, 0.15) is 0 Å². The maximum atomic E-state index is 9.22. The fourth-order valence-electron chi connectivity index (χ4n) is 1.65. The molecule has 0 aromatic carbocycles. The zero-order valence-electron chi connectivity index (χ0n) is 8.16. The summed E-state index contributed by atoms with van der Waals surface area (Å²) in [5, 5.41) is 9.22. The summed E-state index contributed by atoms with van der Waals surface area (Å²) >= 11 is 0. The molecule has 0 aliphatic heterocycles. The molecule has 0 bridgehead atoms. The summed E-state index contributed by atoms with van der Waals surface area (Å²) in [6.07, 6.45) is 8.71. The molecule has 70 valence electrons. The van der Waals surface area contributed by atoms with E-state index in [-0.39, 0.29) is 6.10 Å². The van der Waals surface area contributed by atoms with Crippen LogP contribution in [0.1, 0.15) is 39.5 Å². The smallest absolute Gasteiger partial charge is 0.0721 e. The Balaban J connectivity index is 2.21. The van der Waals surface area contributed by atoms with Crippen molar-refractivity contribution in [2.75, 3.05) is 0 Å². The number of hydrogen-bond acceptors (Lipinski definition) is 1. The Morgan fingerprint density at radius 3 is 2.58 bits per heavy atom. The third-order valence-electron chi connectivity index (χ3n) is 2.55. The number of aliphatic hydroxyl groups excluding tert-OH is 1. The van der Waals surface area contributed by atoms with E-state index in [4.69, 9.17) is 0 Å². The van der Waals surface area contributed by atoms with Crippen LogP contribution in [-0.2, 0) is 0 Å². The van der Waals surface area contributed by atoms with Crippen molar-refractivity contribution in [2.45, 2.75) is 45.6 Å². The standard InChI is InChI=1S/C11H20O/c1-9(2)3-4-10-5-7-11(12)8-6-10/h5,7,9-12H,3-4,6,8H2,1-2H3. The van der Waals surface area contributed by atoms with Gasteiger partial charge in [-0.25, -0.2) is 0 Å². The van der Waals surface area contributed by atoms with Crippen LogP contribution >= 0.6 is 0 Å². The maximum absolute atomic E-state index is 9.22. The van der Waals surface area contributed by atoms with Gasteiger partial charge in [0, 0.05) is 0 Å². The molecule has 0 saturated carbocycles. The largest absolute Gasteiger partial charge is 0.389 e. The molecule has 2 atom stereocenters. The van der Waals surface area contributed by atoms with Crippen LogP contribution in [0.4, 0.5) is 0 Å². The first kappa shape index (κ1) is 9.79. The van der Waals surface area contributed by atoms with Crippen LogP contribution in [0.15, 0.2) is 12.2 Å². The third-order valence-corrected chi connectivity index (χ3v) is 2.55. The molecule has 0 aromatic rings. The minimum atomic E-state index is -0.166. The van der Waals surface area contributed by atoms with Gasteiger partial charge in [-0.1, -0.05) is 32.4 Å². The van der Waals surface area contributed by atoms with Gasteiger partial charge in [0.15, 0.2) is 0 Å². The molecule has 0 fully saturated rings. The van der Waals surface area contributed by atoms with E-state index >= 15 is 0 Å². The van der Waals surface area contributed by atoms with Crippen molar-refractivity contribution < 1.29 is 5.11 Å². The van der Waals surface area contributed by atoms with Crippen molar-refractivity contribution in [2.24, 2.45) is 11.8 Å². The Labute approximate surface area is 75.5 Å².